The van der Waals surface area contributed by atoms with Crippen LogP contribution in [0.5, 0.6) is 5.75 Å². The highest BCUT2D eigenvalue weighted by molar-refractivity contribution is 6.62. The Hall–Kier alpha value is -1.53. The summed E-state index contributed by atoms with van der Waals surface area (Å²) >= 11 is 0. The van der Waals surface area contributed by atoms with Crippen molar-refractivity contribution in [3.05, 3.63) is 23.8 Å². The lowest BCUT2D eigenvalue weighted by atomic mass is 9.78. The minimum atomic E-state index is -0.984. The third-order valence-electron chi connectivity index (χ3n) is 2.35. The molecule has 5 nitrogen and oxygen atoms in total. The van der Waals surface area contributed by atoms with Crippen molar-refractivity contribution in [2.24, 2.45) is 0 Å². The summed E-state index contributed by atoms with van der Waals surface area (Å²) in [4.78, 5) is 10.8. The minimum Gasteiger partial charge on any atom is -0.497 e. The molecule has 1 fully saturated rings. The predicted octanol–water partition coefficient (Wildman–Crippen LogP) is 0.135. The summed E-state index contributed by atoms with van der Waals surface area (Å²) in [6.07, 6.45) is 0. The monoisotopic (exact) mass is 222 g/mol. The molecule has 0 bridgehead atoms. The van der Waals surface area contributed by atoms with Gasteiger partial charge in [-0.25, -0.2) is 4.79 Å². The number of carboxylic acids is 1. The SMILES string of the molecule is COc1ccc(C(=O)O)cc1B1OCCO1. The molecule has 1 aliphatic rings. The van der Waals surface area contributed by atoms with Crippen LogP contribution in [0.2, 0.25) is 0 Å². The van der Waals surface area contributed by atoms with E-state index in [4.69, 9.17) is 19.2 Å². The van der Waals surface area contributed by atoms with Crippen LogP contribution in [-0.2, 0) is 9.31 Å². The van der Waals surface area contributed by atoms with Crippen LogP contribution in [0, 0.1) is 0 Å². The molecule has 2 rings (SSSR count). The molecule has 0 radical (unpaired) electrons. The van der Waals surface area contributed by atoms with Crippen LogP contribution >= 0.6 is 0 Å². The fraction of sp³-hybridized carbons (Fsp3) is 0.300. The Kier molecular flexibility index (Phi) is 3.12. The van der Waals surface area contributed by atoms with E-state index in [9.17, 15) is 4.79 Å². The maximum Gasteiger partial charge on any atom is 0.497 e. The zero-order chi connectivity index (χ0) is 11.5. The van der Waals surface area contributed by atoms with Crippen LogP contribution in [0.3, 0.4) is 0 Å². The fourth-order valence-electron chi connectivity index (χ4n) is 1.59. The molecule has 1 aliphatic heterocycles. The molecule has 1 N–H and O–H groups in total. The Labute approximate surface area is 93.1 Å². The van der Waals surface area contributed by atoms with Gasteiger partial charge >= 0.3 is 13.1 Å². The molecule has 1 saturated heterocycles. The van der Waals surface area contributed by atoms with E-state index in [0.29, 0.717) is 24.4 Å². The summed E-state index contributed by atoms with van der Waals surface area (Å²) in [7, 11) is 0.989. The van der Waals surface area contributed by atoms with Gasteiger partial charge in [-0.15, -0.1) is 0 Å². The quantitative estimate of drug-likeness (QED) is 0.736. The van der Waals surface area contributed by atoms with E-state index in [1.165, 1.54) is 19.2 Å². The Balaban J connectivity index is 2.38. The smallest absolute Gasteiger partial charge is 0.497 e. The van der Waals surface area contributed by atoms with Gasteiger partial charge in [0.1, 0.15) is 5.75 Å². The van der Waals surface area contributed by atoms with E-state index in [2.05, 4.69) is 0 Å². The molecule has 1 heterocycles. The van der Waals surface area contributed by atoms with Gasteiger partial charge in [0.25, 0.3) is 0 Å². The number of methoxy groups -OCH3 is 1. The van der Waals surface area contributed by atoms with Crippen molar-refractivity contribution in [3.8, 4) is 5.75 Å². The second-order valence-corrected chi connectivity index (χ2v) is 3.34. The van der Waals surface area contributed by atoms with Crippen molar-refractivity contribution < 1.29 is 23.9 Å². The molecule has 0 spiro atoms. The maximum absolute atomic E-state index is 10.8. The minimum absolute atomic E-state index is 0.190. The van der Waals surface area contributed by atoms with E-state index in [-0.39, 0.29) is 5.56 Å². The van der Waals surface area contributed by atoms with Crippen molar-refractivity contribution in [2.75, 3.05) is 20.3 Å². The third kappa shape index (κ3) is 2.03. The van der Waals surface area contributed by atoms with Gasteiger partial charge in [-0.3, -0.25) is 0 Å². The Morgan fingerprint density at radius 3 is 2.69 bits per heavy atom. The zero-order valence-electron chi connectivity index (χ0n) is 8.80. The first-order valence-electron chi connectivity index (χ1n) is 4.87. The number of benzene rings is 1. The summed E-state index contributed by atoms with van der Waals surface area (Å²) in [5, 5.41) is 8.89. The van der Waals surface area contributed by atoms with Gasteiger partial charge in [-0.05, 0) is 18.2 Å². The highest BCUT2D eigenvalue weighted by Gasteiger charge is 2.30. The van der Waals surface area contributed by atoms with Gasteiger partial charge in [0.05, 0.1) is 25.9 Å². The number of hydrogen-bond acceptors (Lipinski definition) is 4. The lowest BCUT2D eigenvalue weighted by molar-refractivity contribution is 0.0697. The maximum atomic E-state index is 10.8. The molecule has 1 aromatic carbocycles. The summed E-state index contributed by atoms with van der Waals surface area (Å²) in [5.74, 6) is -0.418. The zero-order valence-corrected chi connectivity index (χ0v) is 8.80. The van der Waals surface area contributed by atoms with Gasteiger partial charge in [-0.1, -0.05) is 0 Å². The van der Waals surface area contributed by atoms with Crippen molar-refractivity contribution in [2.45, 2.75) is 0 Å². The lowest BCUT2D eigenvalue weighted by Gasteiger charge is -2.10. The van der Waals surface area contributed by atoms with Gasteiger partial charge in [0, 0.05) is 5.46 Å². The van der Waals surface area contributed by atoms with Crippen molar-refractivity contribution >= 4 is 18.6 Å². The molecule has 0 unspecified atom stereocenters. The van der Waals surface area contributed by atoms with Crippen LogP contribution in [0.1, 0.15) is 10.4 Å². The Bertz CT molecular complexity index is 400. The van der Waals surface area contributed by atoms with Crippen LogP contribution in [0.15, 0.2) is 18.2 Å². The third-order valence-corrected chi connectivity index (χ3v) is 2.35. The average Bonchev–Trinajstić information content (AvgIpc) is 2.81. The van der Waals surface area contributed by atoms with Gasteiger partial charge in [0.15, 0.2) is 0 Å². The normalized spacial score (nSPS) is 15.2. The van der Waals surface area contributed by atoms with E-state index in [1.54, 1.807) is 6.07 Å². The van der Waals surface area contributed by atoms with E-state index in [0.717, 1.165) is 0 Å². The van der Waals surface area contributed by atoms with Crippen LogP contribution in [0.4, 0.5) is 0 Å². The molecule has 0 saturated carbocycles. The van der Waals surface area contributed by atoms with Gasteiger partial charge < -0.3 is 19.2 Å². The van der Waals surface area contributed by atoms with Crippen LogP contribution in [-0.4, -0.2) is 38.5 Å². The summed E-state index contributed by atoms with van der Waals surface area (Å²) < 4.78 is 15.8. The molecule has 16 heavy (non-hydrogen) atoms. The highest BCUT2D eigenvalue weighted by Crippen LogP contribution is 2.13. The first-order valence-corrected chi connectivity index (χ1v) is 4.87. The van der Waals surface area contributed by atoms with Crippen molar-refractivity contribution in [1.29, 1.82) is 0 Å². The first-order chi connectivity index (χ1) is 7.72. The van der Waals surface area contributed by atoms with E-state index >= 15 is 0 Å². The Morgan fingerprint density at radius 1 is 1.44 bits per heavy atom. The molecule has 0 amide bonds. The topological polar surface area (TPSA) is 65.0 Å². The number of rotatable bonds is 3. The van der Waals surface area contributed by atoms with Gasteiger partial charge in [0.2, 0.25) is 0 Å². The van der Waals surface area contributed by atoms with E-state index in [1.807, 2.05) is 0 Å². The highest BCUT2D eigenvalue weighted by atomic mass is 16.6. The number of hydrogen-bond donors (Lipinski definition) is 1. The van der Waals surface area contributed by atoms with Crippen LogP contribution < -0.4 is 10.2 Å². The summed E-state index contributed by atoms with van der Waals surface area (Å²) in [6.45, 7) is 1.01. The lowest BCUT2D eigenvalue weighted by Crippen LogP contribution is -2.33. The van der Waals surface area contributed by atoms with Crippen LogP contribution in [0.25, 0.3) is 0 Å². The molecule has 0 aliphatic carbocycles. The van der Waals surface area contributed by atoms with Gasteiger partial charge in [-0.2, -0.15) is 0 Å². The first kappa shape index (κ1) is 11.0. The van der Waals surface area contributed by atoms with E-state index < -0.39 is 13.1 Å². The molecular formula is C10H11BO5. The summed E-state index contributed by atoms with van der Waals surface area (Å²) in [6, 6.07) is 4.60. The standard InChI is InChI=1S/C10H11BO5/c1-14-9-3-2-7(10(12)13)6-8(9)11-15-4-5-16-11/h2-3,6H,4-5H2,1H3,(H,12,13). The molecule has 0 aromatic heterocycles. The summed E-state index contributed by atoms with van der Waals surface area (Å²) in [5.41, 5.74) is 0.801. The second kappa shape index (κ2) is 4.55. The molecular weight excluding hydrogens is 211 g/mol. The molecule has 84 valence electrons. The number of ether oxygens (including phenoxy) is 1. The predicted molar refractivity (Wildman–Crippen MR) is 57.2 cm³/mol. The molecule has 1 aromatic rings. The average molecular weight is 222 g/mol. The van der Waals surface area contributed by atoms with Crippen molar-refractivity contribution in [3.63, 3.8) is 0 Å². The molecule has 6 heteroatoms. The number of carbonyl (C=O) groups is 1. The largest absolute Gasteiger partial charge is 0.497 e. The van der Waals surface area contributed by atoms with Crippen molar-refractivity contribution in [1.82, 2.24) is 0 Å². The Morgan fingerprint density at radius 2 is 2.12 bits per heavy atom. The number of carboxylic acid groups (broad SMARTS) is 1. The second-order valence-electron chi connectivity index (χ2n) is 3.34. The molecule has 0 atom stereocenters. The number of aromatic carboxylic acids is 1. The fourth-order valence-corrected chi connectivity index (χ4v) is 1.59.